The summed E-state index contributed by atoms with van der Waals surface area (Å²) in [5, 5.41) is 0.603. The topological polar surface area (TPSA) is 17.8 Å². The molecule has 1 unspecified atom stereocenters. The van der Waals surface area contributed by atoms with Crippen molar-refractivity contribution in [3.05, 3.63) is 46.8 Å². The quantitative estimate of drug-likeness (QED) is 0.508. The van der Waals surface area contributed by atoms with Crippen LogP contribution >= 0.6 is 11.8 Å². The number of aryl methyl sites for hydroxylation is 5. The molecule has 3 aromatic rings. The van der Waals surface area contributed by atoms with Crippen LogP contribution in [-0.2, 0) is 7.05 Å². The van der Waals surface area contributed by atoms with Gasteiger partial charge in [-0.3, -0.25) is 4.98 Å². The van der Waals surface area contributed by atoms with E-state index in [4.69, 9.17) is 4.98 Å². The predicted molar refractivity (Wildman–Crippen MR) is 111 cm³/mol. The summed E-state index contributed by atoms with van der Waals surface area (Å²) in [6.45, 7) is 13.2. The van der Waals surface area contributed by atoms with Gasteiger partial charge in [-0.2, -0.15) is 0 Å². The van der Waals surface area contributed by atoms with E-state index in [1.165, 1.54) is 44.7 Å². The molecular weight excluding hydrogens is 324 g/mol. The van der Waals surface area contributed by atoms with Gasteiger partial charge in [-0.1, -0.05) is 31.5 Å². The Labute approximate surface area is 155 Å². The third-order valence-corrected chi connectivity index (χ3v) is 6.17. The zero-order valence-electron chi connectivity index (χ0n) is 16.4. The molecule has 1 aromatic carbocycles. The summed E-state index contributed by atoms with van der Waals surface area (Å²) < 4.78 is 2.25. The molecule has 0 saturated carbocycles. The highest BCUT2D eigenvalue weighted by Crippen LogP contribution is 2.39. The van der Waals surface area contributed by atoms with Crippen LogP contribution in [0.3, 0.4) is 0 Å². The highest BCUT2D eigenvalue weighted by atomic mass is 32.2. The van der Waals surface area contributed by atoms with Crippen LogP contribution in [-0.4, -0.2) is 14.8 Å². The van der Waals surface area contributed by atoms with Crippen molar-refractivity contribution in [3.63, 3.8) is 0 Å². The van der Waals surface area contributed by atoms with Gasteiger partial charge in [0.25, 0.3) is 0 Å². The first-order valence-corrected chi connectivity index (χ1v) is 9.91. The number of fused-ring (bicyclic) bond motifs is 1. The smallest absolute Gasteiger partial charge is 0.0974 e. The molecule has 0 aliphatic rings. The number of hydrogen-bond donors (Lipinski definition) is 0. The lowest BCUT2D eigenvalue weighted by Crippen LogP contribution is -1.96. The number of nitrogens with zero attached hydrogens (tertiary/aromatic N) is 2. The Balaban J connectivity index is 2.29. The molecule has 3 heteroatoms. The van der Waals surface area contributed by atoms with Crippen LogP contribution in [0.1, 0.15) is 42.7 Å². The Morgan fingerprint density at radius 2 is 1.72 bits per heavy atom. The lowest BCUT2D eigenvalue weighted by atomic mass is 9.95. The van der Waals surface area contributed by atoms with Gasteiger partial charge in [0.2, 0.25) is 0 Å². The van der Waals surface area contributed by atoms with E-state index in [2.05, 4.69) is 77.6 Å². The van der Waals surface area contributed by atoms with Crippen LogP contribution in [0.5, 0.6) is 0 Å². The minimum absolute atomic E-state index is 0.603. The minimum atomic E-state index is 0.603. The molecular formula is C22H28N2S. The maximum Gasteiger partial charge on any atom is 0.0974 e. The van der Waals surface area contributed by atoms with Crippen LogP contribution in [0.4, 0.5) is 0 Å². The highest BCUT2D eigenvalue weighted by molar-refractivity contribution is 8.00. The van der Waals surface area contributed by atoms with Gasteiger partial charge in [-0.25, -0.2) is 0 Å². The second-order valence-corrected chi connectivity index (χ2v) is 8.70. The molecule has 25 heavy (non-hydrogen) atoms. The van der Waals surface area contributed by atoms with Gasteiger partial charge in [0.05, 0.1) is 11.0 Å². The summed E-state index contributed by atoms with van der Waals surface area (Å²) >= 11 is 1.96. The largest absolute Gasteiger partial charge is 0.348 e. The average Bonchev–Trinajstić information content (AvgIpc) is 2.82. The van der Waals surface area contributed by atoms with Gasteiger partial charge in [0.15, 0.2) is 0 Å². The van der Waals surface area contributed by atoms with E-state index in [1.54, 1.807) is 0 Å². The fourth-order valence-electron chi connectivity index (χ4n) is 3.66. The Morgan fingerprint density at radius 1 is 1.08 bits per heavy atom. The van der Waals surface area contributed by atoms with Gasteiger partial charge >= 0.3 is 0 Å². The number of hydrogen-bond acceptors (Lipinski definition) is 2. The summed E-state index contributed by atoms with van der Waals surface area (Å²) in [4.78, 5) is 6.28. The lowest BCUT2D eigenvalue weighted by molar-refractivity contribution is 0.903. The van der Waals surface area contributed by atoms with E-state index in [0.29, 0.717) is 5.25 Å². The molecule has 0 aliphatic carbocycles. The van der Waals surface area contributed by atoms with E-state index in [1.807, 2.05) is 11.8 Å². The fraction of sp³-hybridized carbons (Fsp3) is 0.409. The molecule has 132 valence electrons. The van der Waals surface area contributed by atoms with Crippen molar-refractivity contribution in [2.75, 3.05) is 0 Å². The van der Waals surface area contributed by atoms with Crippen LogP contribution in [0, 0.1) is 27.7 Å². The van der Waals surface area contributed by atoms with Crippen molar-refractivity contribution < 1.29 is 0 Å². The maximum absolute atomic E-state index is 4.94. The zero-order valence-corrected chi connectivity index (χ0v) is 17.2. The number of pyridine rings is 1. The second-order valence-electron chi connectivity index (χ2n) is 7.22. The van der Waals surface area contributed by atoms with E-state index in [-0.39, 0.29) is 0 Å². The molecule has 0 bridgehead atoms. The Morgan fingerprint density at radius 3 is 2.32 bits per heavy atom. The summed E-state index contributed by atoms with van der Waals surface area (Å²) in [6, 6.07) is 6.77. The molecule has 0 aliphatic heterocycles. The molecule has 2 aromatic heterocycles. The molecule has 0 fully saturated rings. The standard InChI is InChI=1S/C22H28N2S/c1-8-17(6)25-19-11-16(5)23-21-18(12-24(7)22(19)21)20-14(3)9-13(2)10-15(20)4/h9-12,17H,8H2,1-7H3. The van der Waals surface area contributed by atoms with Crippen LogP contribution in [0.2, 0.25) is 0 Å². The van der Waals surface area contributed by atoms with Crippen molar-refractivity contribution >= 4 is 22.8 Å². The van der Waals surface area contributed by atoms with Crippen LogP contribution in [0.15, 0.2) is 29.3 Å². The first-order chi connectivity index (χ1) is 11.8. The van der Waals surface area contributed by atoms with Gasteiger partial charge < -0.3 is 4.57 Å². The van der Waals surface area contributed by atoms with Gasteiger partial charge in [0.1, 0.15) is 0 Å². The Kier molecular flexibility index (Phi) is 4.97. The third-order valence-electron chi connectivity index (χ3n) is 4.87. The molecule has 0 spiro atoms. The molecule has 0 radical (unpaired) electrons. The van der Waals surface area contributed by atoms with Gasteiger partial charge in [0, 0.05) is 34.6 Å². The van der Waals surface area contributed by atoms with Crippen LogP contribution < -0.4 is 0 Å². The van der Waals surface area contributed by atoms with Gasteiger partial charge in [-0.05, 0) is 56.9 Å². The van der Waals surface area contributed by atoms with E-state index in [0.717, 1.165) is 11.2 Å². The summed E-state index contributed by atoms with van der Waals surface area (Å²) in [5.74, 6) is 0. The van der Waals surface area contributed by atoms with E-state index in [9.17, 15) is 0 Å². The van der Waals surface area contributed by atoms with Crippen molar-refractivity contribution in [3.8, 4) is 11.1 Å². The first kappa shape index (κ1) is 18.1. The SMILES string of the molecule is CCC(C)Sc1cc(C)nc2c(-c3c(C)cc(C)cc3C)cn(C)c12. The zero-order chi connectivity index (χ0) is 18.3. The van der Waals surface area contributed by atoms with E-state index >= 15 is 0 Å². The molecule has 3 rings (SSSR count). The Bertz CT molecular complexity index is 914. The Hall–Kier alpha value is -1.74. The maximum atomic E-state index is 4.94. The molecule has 0 N–H and O–H groups in total. The number of benzene rings is 1. The first-order valence-electron chi connectivity index (χ1n) is 9.03. The molecule has 1 atom stereocenters. The third kappa shape index (κ3) is 3.35. The normalized spacial score (nSPS) is 12.8. The molecule has 0 saturated heterocycles. The number of rotatable bonds is 4. The summed E-state index contributed by atoms with van der Waals surface area (Å²) in [6.07, 6.45) is 3.42. The van der Waals surface area contributed by atoms with Crippen LogP contribution in [0.25, 0.3) is 22.2 Å². The predicted octanol–water partition coefficient (Wildman–Crippen LogP) is 6.36. The summed E-state index contributed by atoms with van der Waals surface area (Å²) in [7, 11) is 2.14. The van der Waals surface area contributed by atoms with Gasteiger partial charge in [-0.15, -0.1) is 11.8 Å². The highest BCUT2D eigenvalue weighted by Gasteiger charge is 2.18. The number of aromatic nitrogens is 2. The second kappa shape index (κ2) is 6.87. The molecule has 0 amide bonds. The fourth-order valence-corrected chi connectivity index (χ4v) is 4.85. The average molecular weight is 353 g/mol. The molecule has 2 heterocycles. The van der Waals surface area contributed by atoms with E-state index < -0.39 is 0 Å². The molecule has 2 nitrogen and oxygen atoms in total. The minimum Gasteiger partial charge on any atom is -0.348 e. The number of thioether (sulfide) groups is 1. The lowest BCUT2D eigenvalue weighted by Gasteiger charge is -2.12. The monoisotopic (exact) mass is 352 g/mol. The van der Waals surface area contributed by atoms with Crippen molar-refractivity contribution in [2.45, 2.75) is 58.1 Å². The van der Waals surface area contributed by atoms with Crippen molar-refractivity contribution in [1.82, 2.24) is 9.55 Å². The summed E-state index contributed by atoms with van der Waals surface area (Å²) in [5.41, 5.74) is 10.0. The van der Waals surface area contributed by atoms with Crippen molar-refractivity contribution in [2.24, 2.45) is 7.05 Å². The van der Waals surface area contributed by atoms with Crippen molar-refractivity contribution in [1.29, 1.82) is 0 Å².